The fraction of sp³-hybridized carbons (Fsp3) is 0.333. The number of hydrogen-bond donors (Lipinski definition) is 1. The Kier molecular flexibility index (Phi) is 5.74. The van der Waals surface area contributed by atoms with Crippen molar-refractivity contribution >= 4 is 11.7 Å². The highest BCUT2D eigenvalue weighted by atomic mass is 19.1. The van der Waals surface area contributed by atoms with Gasteiger partial charge >= 0.3 is 5.97 Å². The highest BCUT2D eigenvalue weighted by molar-refractivity contribution is 6.43. The minimum Gasteiger partial charge on any atom is -0.467 e. The lowest BCUT2D eigenvalue weighted by atomic mass is 10.1. The van der Waals surface area contributed by atoms with Gasteiger partial charge in [0.25, 0.3) is 0 Å². The zero-order valence-corrected chi connectivity index (χ0v) is 10.6. The first-order valence-corrected chi connectivity index (χ1v) is 5.44. The van der Waals surface area contributed by atoms with Gasteiger partial charge in [-0.3, -0.25) is 0 Å². The molecule has 0 spiro atoms. The van der Waals surface area contributed by atoms with Crippen molar-refractivity contribution in [2.24, 2.45) is 5.16 Å². The predicted octanol–water partition coefficient (Wildman–Crippen LogP) is 1.55. The second-order valence-corrected chi connectivity index (χ2v) is 3.36. The standard InChI is InChI=1S/C12H14FNO5/c1-3-18-12(15)11(14-16)9-6-8(13)4-5-10(9)19-7-17-2/h4-6,16H,3,7H2,1-2H3. The Labute approximate surface area is 109 Å². The molecule has 0 saturated heterocycles. The fourth-order valence-corrected chi connectivity index (χ4v) is 1.34. The third-order valence-electron chi connectivity index (χ3n) is 2.10. The van der Waals surface area contributed by atoms with Crippen LogP contribution >= 0.6 is 0 Å². The van der Waals surface area contributed by atoms with Gasteiger partial charge in [-0.15, -0.1) is 0 Å². The molecule has 0 amide bonds. The molecule has 0 aliphatic carbocycles. The molecule has 0 aliphatic rings. The van der Waals surface area contributed by atoms with E-state index in [1.165, 1.54) is 13.2 Å². The predicted molar refractivity (Wildman–Crippen MR) is 63.9 cm³/mol. The smallest absolute Gasteiger partial charge is 0.361 e. The molecule has 0 fully saturated rings. The van der Waals surface area contributed by atoms with Gasteiger partial charge in [-0.05, 0) is 25.1 Å². The topological polar surface area (TPSA) is 77.4 Å². The first-order valence-electron chi connectivity index (χ1n) is 5.44. The van der Waals surface area contributed by atoms with Gasteiger partial charge in [0.1, 0.15) is 11.6 Å². The fourth-order valence-electron chi connectivity index (χ4n) is 1.34. The minimum absolute atomic E-state index is 0.0157. The van der Waals surface area contributed by atoms with Crippen LogP contribution < -0.4 is 4.74 Å². The third-order valence-corrected chi connectivity index (χ3v) is 2.10. The molecule has 1 aromatic rings. The van der Waals surface area contributed by atoms with Crippen LogP contribution in [0.4, 0.5) is 4.39 Å². The number of halogens is 1. The molecule has 0 atom stereocenters. The lowest BCUT2D eigenvalue weighted by Gasteiger charge is -2.11. The molecule has 104 valence electrons. The van der Waals surface area contributed by atoms with Crippen LogP contribution in [0.25, 0.3) is 0 Å². The van der Waals surface area contributed by atoms with Crippen LogP contribution in [0.2, 0.25) is 0 Å². The van der Waals surface area contributed by atoms with Crippen LogP contribution in [-0.4, -0.2) is 37.4 Å². The molecule has 7 heteroatoms. The van der Waals surface area contributed by atoms with Crippen LogP contribution in [0.15, 0.2) is 23.4 Å². The molecule has 0 bridgehead atoms. The van der Waals surface area contributed by atoms with Crippen LogP contribution in [0, 0.1) is 5.82 Å². The number of rotatable bonds is 6. The molecule has 1 rings (SSSR count). The molecular weight excluding hydrogens is 257 g/mol. The zero-order chi connectivity index (χ0) is 14.3. The molecule has 0 aliphatic heterocycles. The number of nitrogens with zero attached hydrogens (tertiary/aromatic N) is 1. The van der Waals surface area contributed by atoms with E-state index >= 15 is 0 Å². The molecule has 0 saturated carbocycles. The average Bonchev–Trinajstić information content (AvgIpc) is 2.39. The molecule has 1 aromatic carbocycles. The van der Waals surface area contributed by atoms with E-state index in [-0.39, 0.29) is 24.7 Å². The number of esters is 1. The van der Waals surface area contributed by atoms with Crippen molar-refractivity contribution in [3.63, 3.8) is 0 Å². The first-order chi connectivity index (χ1) is 9.13. The molecule has 1 N–H and O–H groups in total. The number of benzene rings is 1. The van der Waals surface area contributed by atoms with E-state index in [1.54, 1.807) is 6.92 Å². The van der Waals surface area contributed by atoms with Crippen LogP contribution in [0.3, 0.4) is 0 Å². The van der Waals surface area contributed by atoms with Gasteiger partial charge in [0.05, 0.1) is 12.2 Å². The summed E-state index contributed by atoms with van der Waals surface area (Å²) in [6, 6.07) is 3.46. The monoisotopic (exact) mass is 271 g/mol. The number of carbonyl (C=O) groups excluding carboxylic acids is 1. The van der Waals surface area contributed by atoms with Gasteiger partial charge in [-0.2, -0.15) is 0 Å². The van der Waals surface area contributed by atoms with Gasteiger partial charge in [-0.1, -0.05) is 5.16 Å². The second kappa shape index (κ2) is 7.32. The zero-order valence-electron chi connectivity index (χ0n) is 10.6. The van der Waals surface area contributed by atoms with E-state index < -0.39 is 17.5 Å². The average molecular weight is 271 g/mol. The third kappa shape index (κ3) is 3.92. The van der Waals surface area contributed by atoms with Crippen molar-refractivity contribution in [1.29, 1.82) is 0 Å². The lowest BCUT2D eigenvalue weighted by molar-refractivity contribution is -0.135. The van der Waals surface area contributed by atoms with Crippen molar-refractivity contribution in [3.05, 3.63) is 29.6 Å². The van der Waals surface area contributed by atoms with Crippen LogP contribution in [0.5, 0.6) is 5.75 Å². The Morgan fingerprint density at radius 1 is 1.47 bits per heavy atom. The molecular formula is C12H14FNO5. The van der Waals surface area contributed by atoms with Crippen molar-refractivity contribution in [2.75, 3.05) is 20.5 Å². The summed E-state index contributed by atoms with van der Waals surface area (Å²) in [5.74, 6) is -1.34. The van der Waals surface area contributed by atoms with Gasteiger partial charge in [0.2, 0.25) is 0 Å². The molecule has 0 aromatic heterocycles. The summed E-state index contributed by atoms with van der Waals surface area (Å²) < 4.78 is 27.8. The Morgan fingerprint density at radius 3 is 2.79 bits per heavy atom. The summed E-state index contributed by atoms with van der Waals surface area (Å²) in [7, 11) is 1.41. The van der Waals surface area contributed by atoms with Crippen molar-refractivity contribution < 1.29 is 28.6 Å². The van der Waals surface area contributed by atoms with Crippen molar-refractivity contribution in [1.82, 2.24) is 0 Å². The van der Waals surface area contributed by atoms with E-state index in [2.05, 4.69) is 5.16 Å². The molecule has 0 radical (unpaired) electrons. The van der Waals surface area contributed by atoms with Gasteiger partial charge in [0, 0.05) is 7.11 Å². The van der Waals surface area contributed by atoms with Crippen molar-refractivity contribution in [2.45, 2.75) is 6.92 Å². The summed E-state index contributed by atoms with van der Waals surface area (Å²) in [6.45, 7) is 1.60. The maximum Gasteiger partial charge on any atom is 0.361 e. The van der Waals surface area contributed by atoms with Gasteiger partial charge in [0.15, 0.2) is 12.5 Å². The Morgan fingerprint density at radius 2 is 2.21 bits per heavy atom. The summed E-state index contributed by atoms with van der Waals surface area (Å²) in [4.78, 5) is 11.6. The molecule has 6 nitrogen and oxygen atoms in total. The van der Waals surface area contributed by atoms with E-state index in [4.69, 9.17) is 19.4 Å². The maximum atomic E-state index is 13.2. The highest BCUT2D eigenvalue weighted by Gasteiger charge is 2.21. The maximum absolute atomic E-state index is 13.2. The summed E-state index contributed by atoms with van der Waals surface area (Å²) in [5, 5.41) is 11.7. The minimum atomic E-state index is -0.877. The first kappa shape index (κ1) is 14.9. The summed E-state index contributed by atoms with van der Waals surface area (Å²) >= 11 is 0. The highest BCUT2D eigenvalue weighted by Crippen LogP contribution is 2.21. The van der Waals surface area contributed by atoms with E-state index in [0.717, 1.165) is 12.1 Å². The Balaban J connectivity index is 3.14. The lowest BCUT2D eigenvalue weighted by Crippen LogP contribution is -2.20. The van der Waals surface area contributed by atoms with Crippen LogP contribution in [0.1, 0.15) is 12.5 Å². The van der Waals surface area contributed by atoms with Crippen LogP contribution in [-0.2, 0) is 14.3 Å². The van der Waals surface area contributed by atoms with E-state index in [9.17, 15) is 9.18 Å². The SMILES string of the molecule is CCOC(=O)C(=NO)c1cc(F)ccc1OCOC. The van der Waals surface area contributed by atoms with E-state index in [0.29, 0.717) is 0 Å². The summed E-state index contributed by atoms with van der Waals surface area (Å²) in [6.07, 6.45) is 0. The number of oxime groups is 1. The Hall–Kier alpha value is -2.15. The quantitative estimate of drug-likeness (QED) is 0.279. The number of methoxy groups -OCH3 is 1. The molecule has 19 heavy (non-hydrogen) atoms. The van der Waals surface area contributed by atoms with Gasteiger partial charge < -0.3 is 19.4 Å². The Bertz CT molecular complexity index is 475. The second-order valence-electron chi connectivity index (χ2n) is 3.36. The van der Waals surface area contributed by atoms with Gasteiger partial charge in [-0.25, -0.2) is 9.18 Å². The molecule has 0 heterocycles. The number of carbonyl (C=O) groups is 1. The number of hydrogen-bond acceptors (Lipinski definition) is 6. The van der Waals surface area contributed by atoms with E-state index in [1.807, 2.05) is 0 Å². The van der Waals surface area contributed by atoms with Crippen molar-refractivity contribution in [3.8, 4) is 5.75 Å². The largest absolute Gasteiger partial charge is 0.467 e. The number of ether oxygens (including phenoxy) is 3. The molecule has 0 unspecified atom stereocenters. The normalized spacial score (nSPS) is 11.2. The summed E-state index contributed by atoms with van der Waals surface area (Å²) in [5.41, 5.74) is -0.453.